The van der Waals surface area contributed by atoms with E-state index in [1.54, 1.807) is 54.0 Å². The van der Waals surface area contributed by atoms with Crippen molar-refractivity contribution in [2.45, 2.75) is 78.1 Å². The highest BCUT2D eigenvalue weighted by molar-refractivity contribution is 5.97. The number of aliphatic hydroxyl groups is 2. The first-order chi connectivity index (χ1) is 28.9. The summed E-state index contributed by atoms with van der Waals surface area (Å²) < 4.78 is 79.0. The highest BCUT2D eigenvalue weighted by atomic mass is 19.4. The van der Waals surface area contributed by atoms with E-state index >= 15 is 0 Å². The molecule has 0 amide bonds. The van der Waals surface area contributed by atoms with E-state index in [-0.39, 0.29) is 37.6 Å². The Hall–Kier alpha value is -5.94. The zero-order valence-corrected chi connectivity index (χ0v) is 33.9. The average molecular weight is 855 g/mol. The Kier molecular flexibility index (Phi) is 15.2. The fourth-order valence-electron chi connectivity index (χ4n) is 6.88. The molecular formula is C44H48F6N6O5. The van der Waals surface area contributed by atoms with Gasteiger partial charge in [0.15, 0.2) is 17.1 Å². The van der Waals surface area contributed by atoms with E-state index in [4.69, 9.17) is 10.2 Å². The number of aromatic nitrogens is 4. The number of nitrogens with zero attached hydrogens (tertiary/aromatic N) is 4. The number of pyridine rings is 2. The number of aryl methyl sites for hydroxylation is 4. The molecule has 326 valence electrons. The quantitative estimate of drug-likeness (QED) is 0.0446. The standard InChI is InChI=1S/C23H26F3N3O2.C21H22F3N3O3/c1-3-21(31)18-7-6-17(11-15(18)2)20-13-28-22-19(27-9-8-23(24,25)26)12-16(5-4-10-30)14-29(20)22;1-13-9-15(4-5-16(13)20(29)30)18-11-26-19-17(25-7-6-21(22,23)24)10-14(3-2-8-28)12-27(18)19/h6-7,11-14,27,30H,3-5,8-10H2,1-2H3;4-5,9-12,25,28H,2-3,6-8H2,1H3,(H,29,30). The molecule has 4 aromatic heterocycles. The summed E-state index contributed by atoms with van der Waals surface area (Å²) in [6, 6.07) is 14.0. The number of aromatic carboxylic acids is 1. The van der Waals surface area contributed by atoms with Crippen molar-refractivity contribution < 1.29 is 51.3 Å². The van der Waals surface area contributed by atoms with Gasteiger partial charge in [-0.05, 0) is 92.1 Å². The third-order valence-corrected chi connectivity index (χ3v) is 9.92. The molecule has 0 spiro atoms. The molecule has 0 unspecified atom stereocenters. The second kappa shape index (κ2) is 20.1. The van der Waals surface area contributed by atoms with E-state index in [0.717, 1.165) is 33.5 Å². The smallest absolute Gasteiger partial charge is 0.390 e. The number of ketones is 1. The van der Waals surface area contributed by atoms with Gasteiger partial charge in [0.1, 0.15) is 0 Å². The van der Waals surface area contributed by atoms with Crippen molar-refractivity contribution in [3.05, 3.63) is 107 Å². The molecule has 5 N–H and O–H groups in total. The molecule has 0 atom stereocenters. The minimum atomic E-state index is -4.26. The molecule has 6 aromatic rings. The Morgan fingerprint density at radius 2 is 1.10 bits per heavy atom. The first-order valence-corrected chi connectivity index (χ1v) is 19.7. The Balaban J connectivity index is 0.000000231. The van der Waals surface area contributed by atoms with Crippen LogP contribution in [0.3, 0.4) is 0 Å². The monoisotopic (exact) mass is 854 g/mol. The Morgan fingerprint density at radius 3 is 1.46 bits per heavy atom. The first kappa shape index (κ1) is 46.1. The number of halogens is 6. The van der Waals surface area contributed by atoms with Crippen LogP contribution in [0.1, 0.15) is 82.0 Å². The van der Waals surface area contributed by atoms with E-state index in [2.05, 4.69) is 20.6 Å². The third-order valence-electron chi connectivity index (χ3n) is 9.92. The second-order valence-corrected chi connectivity index (χ2v) is 14.6. The normalized spacial score (nSPS) is 11.8. The Bertz CT molecular complexity index is 2480. The van der Waals surface area contributed by atoms with Gasteiger partial charge >= 0.3 is 18.3 Å². The van der Waals surface area contributed by atoms with Crippen LogP contribution in [-0.2, 0) is 12.8 Å². The number of rotatable bonds is 17. The number of aliphatic hydroxyl groups excluding tert-OH is 2. The van der Waals surface area contributed by atoms with Crippen molar-refractivity contribution >= 4 is 34.4 Å². The highest BCUT2D eigenvalue weighted by Crippen LogP contribution is 2.31. The van der Waals surface area contributed by atoms with Crippen LogP contribution in [0.25, 0.3) is 33.8 Å². The number of carboxylic acid groups (broad SMARTS) is 1. The van der Waals surface area contributed by atoms with Gasteiger partial charge in [-0.3, -0.25) is 13.6 Å². The lowest BCUT2D eigenvalue weighted by molar-refractivity contribution is -0.132. The topological polar surface area (TPSA) is 153 Å². The summed E-state index contributed by atoms with van der Waals surface area (Å²) >= 11 is 0. The Labute approximate surface area is 348 Å². The van der Waals surface area contributed by atoms with Gasteiger partial charge in [0.05, 0.1) is 53.6 Å². The molecule has 0 bridgehead atoms. The number of imidazole rings is 2. The van der Waals surface area contributed by atoms with E-state index in [0.29, 0.717) is 71.6 Å². The predicted octanol–water partition coefficient (Wildman–Crippen LogP) is 9.49. The number of hydrogen-bond donors (Lipinski definition) is 5. The summed E-state index contributed by atoms with van der Waals surface area (Å²) in [7, 11) is 0. The SMILES string of the molecule is CCC(=O)c1ccc(-c2cnc3c(NCCC(F)(F)F)cc(CCCO)cn23)cc1C.Cc1cc(-c2cnc3c(NCCC(F)(F)F)cc(CCCO)cn23)ccc1C(=O)O. The maximum atomic E-state index is 12.6. The van der Waals surface area contributed by atoms with Gasteiger partial charge in [0, 0.05) is 61.8 Å². The molecule has 0 aliphatic rings. The molecule has 0 aliphatic carbocycles. The van der Waals surface area contributed by atoms with Gasteiger partial charge in [-0.2, -0.15) is 26.3 Å². The van der Waals surface area contributed by atoms with Crippen LogP contribution < -0.4 is 10.6 Å². The lowest BCUT2D eigenvalue weighted by Gasteiger charge is -2.13. The van der Waals surface area contributed by atoms with Crippen LogP contribution in [0.15, 0.2) is 73.3 Å². The molecule has 6 rings (SSSR count). The summed E-state index contributed by atoms with van der Waals surface area (Å²) in [5.41, 5.74) is 9.10. The molecule has 0 radical (unpaired) electrons. The molecule has 2 aromatic carbocycles. The third kappa shape index (κ3) is 12.1. The van der Waals surface area contributed by atoms with Crippen LogP contribution in [0.2, 0.25) is 0 Å². The molecule has 4 heterocycles. The highest BCUT2D eigenvalue weighted by Gasteiger charge is 2.27. The molecule has 0 aliphatic heterocycles. The summed E-state index contributed by atoms with van der Waals surface area (Å²) in [6.45, 7) is 4.90. The van der Waals surface area contributed by atoms with Gasteiger partial charge in [-0.1, -0.05) is 25.1 Å². The van der Waals surface area contributed by atoms with Gasteiger partial charge < -0.3 is 26.0 Å². The fourth-order valence-corrected chi connectivity index (χ4v) is 6.88. The maximum absolute atomic E-state index is 12.6. The molecule has 0 saturated heterocycles. The van der Waals surface area contributed by atoms with Crippen LogP contribution >= 0.6 is 0 Å². The van der Waals surface area contributed by atoms with Crippen LogP contribution in [0.5, 0.6) is 0 Å². The summed E-state index contributed by atoms with van der Waals surface area (Å²) in [6.07, 6.45) is -0.781. The van der Waals surface area contributed by atoms with Gasteiger partial charge in [-0.15, -0.1) is 0 Å². The lowest BCUT2D eigenvalue weighted by Crippen LogP contribution is -2.15. The minimum Gasteiger partial charge on any atom is -0.478 e. The van der Waals surface area contributed by atoms with Crippen molar-refractivity contribution in [2.75, 3.05) is 36.9 Å². The molecular weight excluding hydrogens is 807 g/mol. The van der Waals surface area contributed by atoms with E-state index in [9.17, 15) is 41.0 Å². The zero-order chi connectivity index (χ0) is 44.5. The van der Waals surface area contributed by atoms with Crippen LogP contribution in [-0.4, -0.2) is 84.5 Å². The Morgan fingerprint density at radius 1 is 0.672 bits per heavy atom. The number of alkyl halides is 6. The van der Waals surface area contributed by atoms with E-state index in [1.807, 2.05) is 42.8 Å². The number of anilines is 2. The van der Waals surface area contributed by atoms with Crippen LogP contribution in [0.4, 0.5) is 37.7 Å². The van der Waals surface area contributed by atoms with Gasteiger partial charge in [0.25, 0.3) is 0 Å². The van der Waals surface area contributed by atoms with Gasteiger partial charge in [0.2, 0.25) is 0 Å². The second-order valence-electron chi connectivity index (χ2n) is 14.6. The molecule has 61 heavy (non-hydrogen) atoms. The van der Waals surface area contributed by atoms with Crippen molar-refractivity contribution in [1.82, 2.24) is 18.8 Å². The van der Waals surface area contributed by atoms with Gasteiger partial charge in [-0.25, -0.2) is 14.8 Å². The molecule has 17 heteroatoms. The molecule has 0 saturated carbocycles. The first-order valence-electron chi connectivity index (χ1n) is 19.7. The molecule has 11 nitrogen and oxygen atoms in total. The van der Waals surface area contributed by atoms with Crippen molar-refractivity contribution in [1.29, 1.82) is 0 Å². The summed E-state index contributed by atoms with van der Waals surface area (Å²) in [5.74, 6) is -0.940. The van der Waals surface area contributed by atoms with Crippen molar-refractivity contribution in [3.63, 3.8) is 0 Å². The van der Waals surface area contributed by atoms with Crippen molar-refractivity contribution in [2.24, 2.45) is 0 Å². The number of nitrogens with one attached hydrogen (secondary N) is 2. The minimum absolute atomic E-state index is 0.00149. The number of fused-ring (bicyclic) bond motifs is 2. The van der Waals surface area contributed by atoms with E-state index in [1.165, 1.54) is 6.07 Å². The largest absolute Gasteiger partial charge is 0.478 e. The number of benzene rings is 2. The number of carbonyl (C=O) groups is 2. The summed E-state index contributed by atoms with van der Waals surface area (Å²) in [5, 5.41) is 33.2. The summed E-state index contributed by atoms with van der Waals surface area (Å²) in [4.78, 5) is 32.2. The maximum Gasteiger partial charge on any atom is 0.390 e. The lowest BCUT2D eigenvalue weighted by atomic mass is 9.99. The zero-order valence-electron chi connectivity index (χ0n) is 33.9. The number of carboxylic acids is 1. The predicted molar refractivity (Wildman–Crippen MR) is 221 cm³/mol. The average Bonchev–Trinajstić information content (AvgIpc) is 3.83. The van der Waals surface area contributed by atoms with Crippen LogP contribution in [0, 0.1) is 13.8 Å². The number of carbonyl (C=O) groups excluding carboxylic acids is 1. The van der Waals surface area contributed by atoms with Crippen molar-refractivity contribution in [3.8, 4) is 22.5 Å². The molecule has 0 fully saturated rings. The fraction of sp³-hybridized carbons (Fsp3) is 0.364. The number of hydrogen-bond acceptors (Lipinski definition) is 8. The number of Topliss-reactive ketones (excluding diaryl/α,β-unsaturated/α-hetero) is 1. The van der Waals surface area contributed by atoms with E-state index < -0.39 is 31.2 Å².